The minimum absolute atomic E-state index is 0.411. The van der Waals surface area contributed by atoms with Gasteiger partial charge in [-0.3, -0.25) is 10.00 Å². The van der Waals surface area contributed by atoms with Gasteiger partial charge in [0.1, 0.15) is 11.3 Å². The molecule has 1 fully saturated rings. The fourth-order valence-corrected chi connectivity index (χ4v) is 4.53. The molecule has 0 spiro atoms. The van der Waals surface area contributed by atoms with Gasteiger partial charge in [0, 0.05) is 30.5 Å². The van der Waals surface area contributed by atoms with Crippen LogP contribution in [0.25, 0.3) is 0 Å². The number of aryl methyl sites for hydroxylation is 3. The van der Waals surface area contributed by atoms with Crippen molar-refractivity contribution in [1.82, 2.24) is 25.1 Å². The van der Waals surface area contributed by atoms with Gasteiger partial charge >= 0.3 is 0 Å². The van der Waals surface area contributed by atoms with E-state index in [0.29, 0.717) is 35.1 Å². The van der Waals surface area contributed by atoms with Gasteiger partial charge < -0.3 is 21.5 Å². The Labute approximate surface area is 198 Å². The van der Waals surface area contributed by atoms with Gasteiger partial charge in [-0.2, -0.15) is 10.1 Å². The summed E-state index contributed by atoms with van der Waals surface area (Å²) in [6.45, 7) is 8.53. The molecule has 33 heavy (non-hydrogen) atoms. The van der Waals surface area contributed by atoms with E-state index in [1.165, 1.54) is 11.1 Å². The average Bonchev–Trinajstić information content (AvgIpc) is 3.17. The van der Waals surface area contributed by atoms with E-state index in [4.69, 9.17) is 17.3 Å². The van der Waals surface area contributed by atoms with Gasteiger partial charge in [0.05, 0.1) is 6.20 Å². The Morgan fingerprint density at radius 1 is 1.24 bits per heavy atom. The summed E-state index contributed by atoms with van der Waals surface area (Å²) in [5, 5.41) is 23.5. The molecule has 2 aromatic heterocycles. The summed E-state index contributed by atoms with van der Waals surface area (Å²) in [6, 6.07) is 6.26. The van der Waals surface area contributed by atoms with Crippen LogP contribution in [0.3, 0.4) is 0 Å². The summed E-state index contributed by atoms with van der Waals surface area (Å²) in [7, 11) is 0. The number of aliphatic hydroxyl groups is 1. The first kappa shape index (κ1) is 23.4. The van der Waals surface area contributed by atoms with Crippen LogP contribution in [-0.4, -0.2) is 56.0 Å². The molecule has 0 amide bonds. The number of halogens is 1. The Kier molecular flexibility index (Phi) is 7.14. The van der Waals surface area contributed by atoms with Crippen LogP contribution in [0.1, 0.15) is 41.1 Å². The molecule has 0 saturated carbocycles. The van der Waals surface area contributed by atoms with Crippen LogP contribution in [0, 0.1) is 20.8 Å². The molecule has 2 atom stereocenters. The zero-order valence-corrected chi connectivity index (χ0v) is 19.9. The first-order chi connectivity index (χ1) is 15.8. The number of benzene rings is 1. The second kappa shape index (κ2) is 10.0. The first-order valence-corrected chi connectivity index (χ1v) is 11.5. The number of likely N-dealkylation sites (tertiary alicyclic amines) is 1. The van der Waals surface area contributed by atoms with Crippen LogP contribution in [0.15, 0.2) is 24.4 Å². The van der Waals surface area contributed by atoms with E-state index in [2.05, 4.69) is 61.7 Å². The lowest BCUT2D eigenvalue weighted by Crippen LogP contribution is -2.42. The van der Waals surface area contributed by atoms with Crippen LogP contribution in [0.2, 0.25) is 5.02 Å². The molecule has 0 bridgehead atoms. The lowest BCUT2D eigenvalue weighted by atomic mass is 9.86. The number of piperidine rings is 1. The maximum atomic E-state index is 9.56. The summed E-state index contributed by atoms with van der Waals surface area (Å²) in [6.07, 6.45) is 3.00. The highest BCUT2D eigenvalue weighted by atomic mass is 35.5. The standard InChI is InChI=1S/C23H31ClN8O/c1-13-8-19(14(2)7-17(13)16-5-4-6-32(11-16)12-20(25)33)27-23-26-10-18(24)22(29-23)28-21-9-15(3)30-31-21/h7-10,16,20,33H,4-6,11-12,25H2,1-3H3,(H3,26,27,28,29,30,31). The molecular weight excluding hydrogens is 440 g/mol. The number of nitrogens with zero attached hydrogens (tertiary/aromatic N) is 4. The van der Waals surface area contributed by atoms with Crippen molar-refractivity contribution in [3.8, 4) is 0 Å². The number of nitrogens with two attached hydrogens (primary N) is 1. The third-order valence-electron chi connectivity index (χ3n) is 5.95. The summed E-state index contributed by atoms with van der Waals surface area (Å²) in [5.74, 6) is 1.99. The number of hydrogen-bond acceptors (Lipinski definition) is 8. The Balaban J connectivity index is 1.51. The number of anilines is 4. The normalized spacial score (nSPS) is 17.7. The predicted molar refractivity (Wildman–Crippen MR) is 131 cm³/mol. The average molecular weight is 471 g/mol. The third kappa shape index (κ3) is 5.80. The van der Waals surface area contributed by atoms with E-state index < -0.39 is 6.23 Å². The summed E-state index contributed by atoms with van der Waals surface area (Å²) >= 11 is 6.28. The first-order valence-electron chi connectivity index (χ1n) is 11.1. The molecule has 176 valence electrons. The van der Waals surface area contributed by atoms with Gasteiger partial charge in [-0.05, 0) is 68.8 Å². The van der Waals surface area contributed by atoms with Crippen LogP contribution < -0.4 is 16.4 Å². The minimum atomic E-state index is -0.797. The largest absolute Gasteiger partial charge is 0.377 e. The third-order valence-corrected chi connectivity index (χ3v) is 6.22. The molecule has 1 aliphatic rings. The molecule has 1 saturated heterocycles. The molecule has 1 aliphatic heterocycles. The molecule has 6 N–H and O–H groups in total. The summed E-state index contributed by atoms with van der Waals surface area (Å²) in [5.41, 5.74) is 11.1. The van der Waals surface area contributed by atoms with Crippen LogP contribution in [0.4, 0.5) is 23.3 Å². The van der Waals surface area contributed by atoms with E-state index in [1.54, 1.807) is 6.20 Å². The van der Waals surface area contributed by atoms with Crippen LogP contribution >= 0.6 is 11.6 Å². The summed E-state index contributed by atoms with van der Waals surface area (Å²) < 4.78 is 0. The van der Waals surface area contributed by atoms with Gasteiger partial charge in [0.2, 0.25) is 5.95 Å². The maximum Gasteiger partial charge on any atom is 0.229 e. The second-order valence-electron chi connectivity index (χ2n) is 8.77. The Morgan fingerprint density at radius 3 is 2.79 bits per heavy atom. The van der Waals surface area contributed by atoms with Crippen molar-refractivity contribution < 1.29 is 5.11 Å². The molecule has 3 aromatic rings. The number of H-pyrrole nitrogens is 1. The highest BCUT2D eigenvalue weighted by Gasteiger charge is 2.24. The molecule has 1 aromatic carbocycles. The van der Waals surface area contributed by atoms with Gasteiger partial charge in [0.25, 0.3) is 0 Å². The van der Waals surface area contributed by atoms with Crippen molar-refractivity contribution in [2.45, 2.75) is 45.8 Å². The van der Waals surface area contributed by atoms with E-state index in [1.807, 2.05) is 13.0 Å². The van der Waals surface area contributed by atoms with Gasteiger partial charge in [0.15, 0.2) is 11.6 Å². The Hall–Kier alpha value is -2.72. The van der Waals surface area contributed by atoms with E-state index in [-0.39, 0.29) is 0 Å². The SMILES string of the molecule is Cc1cc(Nc2nc(Nc3cc(C)c(C4CCCN(CC(N)O)C4)cc3C)ncc2Cl)n[nH]1. The lowest BCUT2D eigenvalue weighted by molar-refractivity contribution is 0.0995. The fraction of sp³-hybridized carbons (Fsp3) is 0.435. The quantitative estimate of drug-likeness (QED) is 0.330. The fourth-order valence-electron chi connectivity index (χ4n) is 4.39. The molecule has 10 heteroatoms. The van der Waals surface area contributed by atoms with Gasteiger partial charge in [-0.1, -0.05) is 17.7 Å². The van der Waals surface area contributed by atoms with Crippen molar-refractivity contribution in [2.75, 3.05) is 30.3 Å². The van der Waals surface area contributed by atoms with Crippen molar-refractivity contribution in [1.29, 1.82) is 0 Å². The number of β-amino-alcohol motifs (C(OH)–C–C–N with tert-alkyl or cyclic N) is 1. The molecule has 2 unspecified atom stereocenters. The van der Waals surface area contributed by atoms with E-state index in [0.717, 1.165) is 42.9 Å². The van der Waals surface area contributed by atoms with Gasteiger partial charge in [-0.25, -0.2) is 4.98 Å². The smallest absolute Gasteiger partial charge is 0.229 e. The maximum absolute atomic E-state index is 9.56. The monoisotopic (exact) mass is 470 g/mol. The number of aromatic nitrogens is 4. The Bertz CT molecular complexity index is 1120. The van der Waals surface area contributed by atoms with E-state index >= 15 is 0 Å². The number of hydrogen-bond donors (Lipinski definition) is 5. The number of aromatic amines is 1. The zero-order valence-electron chi connectivity index (χ0n) is 19.2. The van der Waals surface area contributed by atoms with E-state index in [9.17, 15) is 5.11 Å². The number of nitrogens with one attached hydrogen (secondary N) is 3. The van der Waals surface area contributed by atoms with Crippen LogP contribution in [0.5, 0.6) is 0 Å². The Morgan fingerprint density at radius 2 is 2.06 bits per heavy atom. The molecule has 0 radical (unpaired) electrons. The molecule has 3 heterocycles. The van der Waals surface area contributed by atoms with Crippen molar-refractivity contribution in [2.24, 2.45) is 5.73 Å². The topological polar surface area (TPSA) is 128 Å². The zero-order chi connectivity index (χ0) is 23.5. The lowest BCUT2D eigenvalue weighted by Gasteiger charge is -2.34. The molecule has 9 nitrogen and oxygen atoms in total. The van der Waals surface area contributed by atoms with Crippen LogP contribution in [-0.2, 0) is 0 Å². The minimum Gasteiger partial charge on any atom is -0.377 e. The second-order valence-corrected chi connectivity index (χ2v) is 9.17. The van der Waals surface area contributed by atoms with Gasteiger partial charge in [-0.15, -0.1) is 0 Å². The number of aliphatic hydroxyl groups excluding tert-OH is 1. The highest BCUT2D eigenvalue weighted by Crippen LogP contribution is 2.33. The van der Waals surface area contributed by atoms with Crippen molar-refractivity contribution >= 4 is 34.9 Å². The summed E-state index contributed by atoms with van der Waals surface area (Å²) in [4.78, 5) is 11.1. The predicted octanol–water partition coefficient (Wildman–Crippen LogP) is 3.72. The van der Waals surface area contributed by atoms with Crippen molar-refractivity contribution in [3.05, 3.63) is 51.8 Å². The number of rotatable bonds is 7. The molecule has 4 rings (SSSR count). The van der Waals surface area contributed by atoms with Crippen molar-refractivity contribution in [3.63, 3.8) is 0 Å². The molecule has 0 aliphatic carbocycles. The highest BCUT2D eigenvalue weighted by molar-refractivity contribution is 6.32. The molecular formula is C23H31ClN8O.